The van der Waals surface area contributed by atoms with Gasteiger partial charge in [0.05, 0.1) is 20.0 Å². The minimum absolute atomic E-state index is 0.867. The maximum Gasteiger partial charge on any atom is 0.112 e. The van der Waals surface area contributed by atoms with Gasteiger partial charge in [0.2, 0.25) is 0 Å². The Morgan fingerprint density at radius 2 is 0.655 bits per heavy atom. The summed E-state index contributed by atoms with van der Waals surface area (Å²) in [5.41, 5.74) is 0. The molecular weight excluding hydrogens is 849 g/mol. The van der Waals surface area contributed by atoms with Gasteiger partial charge in [0.25, 0.3) is 0 Å². The van der Waals surface area contributed by atoms with Crippen LogP contribution in [0.3, 0.4) is 0 Å². The number of hydrogen-bond acceptors (Lipinski definition) is 11. The van der Waals surface area contributed by atoms with E-state index in [2.05, 4.69) is 197 Å². The lowest BCUT2D eigenvalue weighted by atomic mass is 10.3. The molecule has 3 aliphatic rings. The molecule has 0 aromatic rings. The third-order valence-corrected chi connectivity index (χ3v) is 38.8. The first-order chi connectivity index (χ1) is 26.2. The number of hydrogen-bond donors (Lipinski definition) is 3. The van der Waals surface area contributed by atoms with Gasteiger partial charge < -0.3 is 28.2 Å². The summed E-state index contributed by atoms with van der Waals surface area (Å²) in [5.74, 6) is 1.33. The molecule has 3 heterocycles. The van der Waals surface area contributed by atoms with Gasteiger partial charge in [-0.2, -0.15) is 11.2 Å². The topological polar surface area (TPSA) is 58.8 Å². The second kappa shape index (κ2) is 25.2. The van der Waals surface area contributed by atoms with Crippen LogP contribution >= 0.6 is 11.2 Å². The Morgan fingerprint density at radius 3 is 0.931 bits per heavy atom. The molecule has 0 saturated carbocycles. The van der Waals surface area contributed by atoms with E-state index in [9.17, 15) is 0 Å². The van der Waals surface area contributed by atoms with Gasteiger partial charge in [0.15, 0.2) is 0 Å². The molecule has 3 rings (SSSR count). The van der Waals surface area contributed by atoms with Crippen molar-refractivity contribution in [2.45, 2.75) is 137 Å². The van der Waals surface area contributed by atoms with Crippen LogP contribution in [0.2, 0.25) is 137 Å². The molecule has 10 nitrogen and oxygen atoms in total. The molecule has 3 aliphatic heterocycles. The molecule has 0 radical (unpaired) electrons. The standard InChI is InChI=1S/C19H51N5Si4.C12H31N3Si2.C9H22N2SSi/c1-25(2,3)23(26(4,5)6)15-13-21-17-20-18-22(19-21)14-16-24(27(7,8)9)28(10,11)12;1-16(2,3)15(17(4,5)6)12-11-14-9-7-13-8-10-14;1-13(2,3)12-9-8-11-6-4-10-5-7-11/h20H,13-19H2,1-12H3;13H,7-12H2,1-6H3;10H,4-9H2,1-3H3. The van der Waals surface area contributed by atoms with E-state index in [4.69, 9.17) is 0 Å². The van der Waals surface area contributed by atoms with E-state index in [1.165, 1.54) is 104 Å². The molecule has 0 atom stereocenters. The summed E-state index contributed by atoms with van der Waals surface area (Å²) in [7, 11) is -8.21. The van der Waals surface area contributed by atoms with Crippen LogP contribution < -0.4 is 16.0 Å². The molecular formula is C40H104N10SSi7. The highest BCUT2D eigenvalue weighted by Gasteiger charge is 2.37. The summed E-state index contributed by atoms with van der Waals surface area (Å²) < 4.78 is 8.72. The molecule has 3 saturated heterocycles. The highest BCUT2D eigenvalue weighted by Crippen LogP contribution is 2.22. The highest BCUT2D eigenvalue weighted by atomic mass is 32.4. The quantitative estimate of drug-likeness (QED) is 0.114. The third kappa shape index (κ3) is 25.1. The smallest absolute Gasteiger partial charge is 0.112 e. The molecule has 0 aromatic carbocycles. The third-order valence-electron chi connectivity index (χ3n) is 11.2. The second-order valence-electron chi connectivity index (χ2n) is 24.1. The zero-order valence-electron chi connectivity index (χ0n) is 43.0. The van der Waals surface area contributed by atoms with Crippen LogP contribution in [-0.2, 0) is 0 Å². The first kappa shape index (κ1) is 57.5. The van der Waals surface area contributed by atoms with Crippen LogP contribution in [0.15, 0.2) is 0 Å². The lowest BCUT2D eigenvalue weighted by Gasteiger charge is -2.46. The fraction of sp³-hybridized carbons (Fsp3) is 1.00. The van der Waals surface area contributed by atoms with E-state index in [0.717, 1.165) is 20.0 Å². The lowest BCUT2D eigenvalue weighted by Crippen LogP contribution is -2.63. The predicted octanol–water partition coefficient (Wildman–Crippen LogP) is 7.33. The first-order valence-corrected chi connectivity index (χ1v) is 49.1. The van der Waals surface area contributed by atoms with E-state index < -0.39 is 56.6 Å². The average molecular weight is 954 g/mol. The Labute approximate surface area is 375 Å². The Bertz CT molecular complexity index is 1020. The summed E-state index contributed by atoms with van der Waals surface area (Å²) in [5, 5.41) is 10.5. The van der Waals surface area contributed by atoms with Crippen molar-refractivity contribution in [1.29, 1.82) is 0 Å². The van der Waals surface area contributed by atoms with Crippen molar-refractivity contribution in [3.8, 4) is 0 Å². The second-order valence-corrected chi connectivity index (χ2v) is 64.2. The van der Waals surface area contributed by atoms with Crippen LogP contribution in [0, 0.1) is 0 Å². The van der Waals surface area contributed by atoms with Gasteiger partial charge in [0.1, 0.15) is 56.6 Å². The number of nitrogens with zero attached hydrogens (tertiary/aromatic N) is 7. The molecule has 0 bridgehead atoms. The number of piperazine rings is 2. The molecule has 0 spiro atoms. The summed E-state index contributed by atoms with van der Waals surface area (Å²) >= 11 is 2.20. The van der Waals surface area contributed by atoms with Gasteiger partial charge in [-0.1, -0.05) is 137 Å². The first-order valence-electron chi connectivity index (χ1n) is 23.2. The number of rotatable bonds is 19. The molecule has 3 fully saturated rings. The maximum atomic E-state index is 3.65. The van der Waals surface area contributed by atoms with E-state index in [0.29, 0.717) is 0 Å². The van der Waals surface area contributed by atoms with Crippen molar-refractivity contribution in [3.63, 3.8) is 0 Å². The Balaban J connectivity index is 0.000000475. The minimum Gasteiger partial charge on any atom is -0.345 e. The van der Waals surface area contributed by atoms with Crippen LogP contribution in [0.4, 0.5) is 0 Å². The molecule has 0 unspecified atom stereocenters. The molecule has 0 amide bonds. The normalized spacial score (nSPS) is 19.7. The van der Waals surface area contributed by atoms with Crippen molar-refractivity contribution in [2.75, 3.05) is 124 Å². The van der Waals surface area contributed by atoms with E-state index in [-0.39, 0.29) is 0 Å². The van der Waals surface area contributed by atoms with Gasteiger partial charge >= 0.3 is 0 Å². The monoisotopic (exact) mass is 953 g/mol. The Kier molecular flexibility index (Phi) is 25.0. The fourth-order valence-electron chi connectivity index (χ4n) is 9.15. The van der Waals surface area contributed by atoms with Crippen molar-refractivity contribution in [3.05, 3.63) is 0 Å². The van der Waals surface area contributed by atoms with Gasteiger partial charge in [-0.3, -0.25) is 20.0 Å². The molecule has 348 valence electrons. The van der Waals surface area contributed by atoms with Crippen molar-refractivity contribution < 1.29 is 0 Å². The fourth-order valence-corrected chi connectivity index (χ4v) is 41.0. The molecule has 0 aliphatic carbocycles. The van der Waals surface area contributed by atoms with E-state index >= 15 is 0 Å². The SMILES string of the molecule is C[Si](C)(C)N(CCN1CCNCC1)[Si](C)(C)C.C[Si](C)(C)N(CCN1CNCN(CCN([Si](C)(C)C)[Si](C)(C)C)C1)[Si](C)(C)C.C[Si](C)(C)SCCN1CCNCC1. The number of nitrogens with one attached hydrogen (secondary N) is 3. The zero-order chi connectivity index (χ0) is 44.8. The van der Waals surface area contributed by atoms with Gasteiger partial charge in [-0.05, 0) is 19.6 Å². The summed E-state index contributed by atoms with van der Waals surface area (Å²) in [6, 6.07) is 0. The van der Waals surface area contributed by atoms with Gasteiger partial charge in [-0.15, -0.1) is 0 Å². The van der Waals surface area contributed by atoms with Crippen molar-refractivity contribution in [1.82, 2.24) is 48.2 Å². The maximum absolute atomic E-state index is 3.65. The van der Waals surface area contributed by atoms with Crippen LogP contribution in [0.25, 0.3) is 0 Å². The zero-order valence-corrected chi connectivity index (χ0v) is 50.8. The Hall–Kier alpha value is 1.47. The average Bonchev–Trinajstić information content (AvgIpc) is 3.02. The highest BCUT2D eigenvalue weighted by molar-refractivity contribution is 8.28. The summed E-state index contributed by atoms with van der Waals surface area (Å²) in [6.07, 6.45) is 0. The van der Waals surface area contributed by atoms with Crippen LogP contribution in [0.5, 0.6) is 0 Å². The molecule has 58 heavy (non-hydrogen) atoms. The van der Waals surface area contributed by atoms with Gasteiger partial charge in [0, 0.05) is 84.3 Å². The largest absolute Gasteiger partial charge is 0.345 e. The van der Waals surface area contributed by atoms with Crippen molar-refractivity contribution >= 4 is 67.8 Å². The lowest BCUT2D eigenvalue weighted by molar-refractivity contribution is 0.0636. The van der Waals surface area contributed by atoms with E-state index in [1.807, 2.05) is 0 Å². The van der Waals surface area contributed by atoms with E-state index in [1.54, 1.807) is 0 Å². The van der Waals surface area contributed by atoms with Crippen LogP contribution in [-0.4, -0.2) is 213 Å². The molecule has 3 N–H and O–H groups in total. The summed E-state index contributed by atoms with van der Waals surface area (Å²) in [4.78, 5) is 10.4. The van der Waals surface area contributed by atoms with Crippen LogP contribution in [0.1, 0.15) is 0 Å². The predicted molar refractivity (Wildman–Crippen MR) is 286 cm³/mol. The molecule has 0 aromatic heterocycles. The van der Waals surface area contributed by atoms with Crippen molar-refractivity contribution in [2.24, 2.45) is 0 Å². The molecule has 18 heteroatoms. The van der Waals surface area contributed by atoms with Gasteiger partial charge in [-0.25, -0.2) is 0 Å². The minimum atomic E-state index is -1.26. The summed E-state index contributed by atoms with van der Waals surface area (Å²) in [6.45, 7) is 73.8. The Morgan fingerprint density at radius 1 is 0.379 bits per heavy atom.